The first-order chi connectivity index (χ1) is 11.8. The van der Waals surface area contributed by atoms with Crippen molar-refractivity contribution >= 4 is 44.3 Å². The van der Waals surface area contributed by atoms with Gasteiger partial charge >= 0.3 is 5.97 Å². The van der Waals surface area contributed by atoms with E-state index in [1.165, 1.54) is 17.3 Å². The summed E-state index contributed by atoms with van der Waals surface area (Å²) < 4.78 is 27.9. The minimum atomic E-state index is -3.35. The molecule has 0 radical (unpaired) electrons. The van der Waals surface area contributed by atoms with Crippen molar-refractivity contribution in [3.05, 3.63) is 29.8 Å². The molecule has 0 aliphatic carbocycles. The van der Waals surface area contributed by atoms with Crippen LogP contribution in [0.3, 0.4) is 0 Å². The average Bonchev–Trinajstić information content (AvgIpc) is 2.55. The Morgan fingerprint density at radius 1 is 1.08 bits per heavy atom. The van der Waals surface area contributed by atoms with Crippen LogP contribution in [0.2, 0.25) is 0 Å². The molecule has 4 N–H and O–H groups in total. The fraction of sp³-hybridized carbons (Fsp3) is 0.588. The largest absolute Gasteiger partial charge is 0.480 e. The van der Waals surface area contributed by atoms with Crippen LogP contribution >= 0.6 is 22.6 Å². The Hall–Kier alpha value is -0.870. The zero-order chi connectivity index (χ0) is 18.7. The third-order valence-corrected chi connectivity index (χ3v) is 5.93. The molecule has 25 heavy (non-hydrogen) atoms. The molecule has 0 fully saturated rings. The molecule has 0 aliphatic rings. The second-order valence-corrected chi connectivity index (χ2v) is 9.00. The number of carboxylic acid groups (broad SMARTS) is 1. The summed E-state index contributed by atoms with van der Waals surface area (Å²) in [5.41, 5.74) is 6.72. The topological polar surface area (TPSA) is 109 Å². The molecule has 0 heterocycles. The molecule has 1 atom stereocenters. The molecule has 0 saturated heterocycles. The lowest BCUT2D eigenvalue weighted by atomic mass is 10.1. The third kappa shape index (κ3) is 10.0. The van der Waals surface area contributed by atoms with Crippen LogP contribution in [-0.4, -0.2) is 35.7 Å². The SMILES string of the molecule is N[C@@H](Cc1ccc(NS(=O)(=O)CCCCCCCCI)cc1)C(=O)O. The van der Waals surface area contributed by atoms with Crippen LogP contribution in [0.1, 0.15) is 44.1 Å². The number of unbranched alkanes of at least 4 members (excludes halogenated alkanes) is 5. The van der Waals surface area contributed by atoms with Gasteiger partial charge in [-0.15, -0.1) is 0 Å². The number of sulfonamides is 1. The number of carboxylic acids is 1. The number of halogens is 1. The zero-order valence-corrected chi connectivity index (χ0v) is 17.3. The molecule has 6 nitrogen and oxygen atoms in total. The molecule has 1 aromatic carbocycles. The van der Waals surface area contributed by atoms with Crippen LogP contribution in [0.5, 0.6) is 0 Å². The van der Waals surface area contributed by atoms with Gasteiger partial charge in [0.2, 0.25) is 10.0 Å². The van der Waals surface area contributed by atoms with Crippen molar-refractivity contribution in [2.24, 2.45) is 5.73 Å². The normalized spacial score (nSPS) is 12.7. The molecule has 0 aliphatic heterocycles. The van der Waals surface area contributed by atoms with E-state index < -0.39 is 22.0 Å². The van der Waals surface area contributed by atoms with E-state index in [1.807, 2.05) is 0 Å². The number of hydrogen-bond acceptors (Lipinski definition) is 4. The summed E-state index contributed by atoms with van der Waals surface area (Å²) in [4.78, 5) is 10.7. The van der Waals surface area contributed by atoms with E-state index in [-0.39, 0.29) is 12.2 Å². The van der Waals surface area contributed by atoms with E-state index in [2.05, 4.69) is 27.3 Å². The number of carbonyl (C=O) groups is 1. The van der Waals surface area contributed by atoms with Gasteiger partial charge in [0, 0.05) is 5.69 Å². The quantitative estimate of drug-likeness (QED) is 0.227. The molecule has 0 saturated carbocycles. The van der Waals surface area contributed by atoms with Crippen LogP contribution < -0.4 is 10.5 Å². The van der Waals surface area contributed by atoms with Crippen LogP contribution in [-0.2, 0) is 21.2 Å². The molecular weight excluding hydrogens is 455 g/mol. The van der Waals surface area contributed by atoms with Crippen molar-refractivity contribution in [2.45, 2.75) is 51.0 Å². The maximum Gasteiger partial charge on any atom is 0.320 e. The molecule has 0 aromatic heterocycles. The predicted octanol–water partition coefficient (Wildman–Crippen LogP) is 3.16. The molecule has 0 amide bonds. The summed E-state index contributed by atoms with van der Waals surface area (Å²) in [5.74, 6) is -0.940. The number of aliphatic carboxylic acids is 1. The summed E-state index contributed by atoms with van der Waals surface area (Å²) in [6.45, 7) is 0. The molecule has 142 valence electrons. The molecule has 0 spiro atoms. The van der Waals surface area contributed by atoms with Crippen LogP contribution in [0.4, 0.5) is 5.69 Å². The number of benzene rings is 1. The number of rotatable bonds is 13. The number of hydrogen-bond donors (Lipinski definition) is 3. The van der Waals surface area contributed by atoms with Crippen molar-refractivity contribution in [1.29, 1.82) is 0 Å². The smallest absolute Gasteiger partial charge is 0.320 e. The van der Waals surface area contributed by atoms with E-state index in [9.17, 15) is 13.2 Å². The lowest BCUT2D eigenvalue weighted by Crippen LogP contribution is -2.32. The third-order valence-electron chi connectivity index (χ3n) is 3.80. The second-order valence-electron chi connectivity index (χ2n) is 6.08. The Morgan fingerprint density at radius 2 is 1.64 bits per heavy atom. The number of alkyl halides is 1. The summed E-state index contributed by atoms with van der Waals surface area (Å²) in [7, 11) is -3.35. The number of nitrogens with two attached hydrogens (primary N) is 1. The summed E-state index contributed by atoms with van der Waals surface area (Å²) in [6.07, 6.45) is 6.47. The molecule has 1 aromatic rings. The van der Waals surface area contributed by atoms with Gasteiger partial charge < -0.3 is 10.8 Å². The Bertz CT molecular complexity index is 620. The van der Waals surface area contributed by atoms with Crippen molar-refractivity contribution in [3.63, 3.8) is 0 Å². The highest BCUT2D eigenvalue weighted by molar-refractivity contribution is 14.1. The summed E-state index contributed by atoms with van der Waals surface area (Å²) >= 11 is 2.37. The first kappa shape index (κ1) is 22.2. The second kappa shape index (κ2) is 11.7. The molecule has 8 heteroatoms. The van der Waals surface area contributed by atoms with Crippen molar-refractivity contribution in [2.75, 3.05) is 14.9 Å². The number of anilines is 1. The maximum atomic E-state index is 12.1. The minimum absolute atomic E-state index is 0.116. The van der Waals surface area contributed by atoms with Crippen LogP contribution in [0.15, 0.2) is 24.3 Å². The maximum absolute atomic E-state index is 12.1. The Balaban J connectivity index is 2.37. The molecule has 0 unspecified atom stereocenters. The van der Waals surface area contributed by atoms with Gasteiger partial charge in [-0.1, -0.05) is 60.4 Å². The van der Waals surface area contributed by atoms with Gasteiger partial charge in [0.15, 0.2) is 0 Å². The Morgan fingerprint density at radius 3 is 2.20 bits per heavy atom. The van der Waals surface area contributed by atoms with Gasteiger partial charge in [0.05, 0.1) is 5.75 Å². The molecule has 1 rings (SSSR count). The van der Waals surface area contributed by atoms with Gasteiger partial charge in [-0.2, -0.15) is 0 Å². The fourth-order valence-electron chi connectivity index (χ4n) is 2.37. The van der Waals surface area contributed by atoms with Crippen molar-refractivity contribution in [1.82, 2.24) is 0 Å². The highest BCUT2D eigenvalue weighted by Crippen LogP contribution is 2.14. The first-order valence-corrected chi connectivity index (χ1v) is 11.7. The molecular formula is C17H27IN2O4S. The zero-order valence-electron chi connectivity index (χ0n) is 14.3. The van der Waals surface area contributed by atoms with E-state index in [4.69, 9.17) is 10.8 Å². The van der Waals surface area contributed by atoms with Gasteiger partial charge in [0.25, 0.3) is 0 Å². The Labute approximate surface area is 163 Å². The Kier molecular flexibility index (Phi) is 10.4. The van der Waals surface area contributed by atoms with E-state index in [0.717, 1.165) is 24.8 Å². The van der Waals surface area contributed by atoms with E-state index in [0.29, 0.717) is 12.1 Å². The highest BCUT2D eigenvalue weighted by Gasteiger charge is 2.13. The summed E-state index contributed by atoms with van der Waals surface area (Å²) in [5, 5.41) is 8.80. The van der Waals surface area contributed by atoms with Crippen molar-refractivity contribution in [3.8, 4) is 0 Å². The van der Waals surface area contributed by atoms with E-state index in [1.54, 1.807) is 24.3 Å². The van der Waals surface area contributed by atoms with Gasteiger partial charge in [-0.25, -0.2) is 8.42 Å². The standard InChI is InChI=1S/C17H27IN2O4S/c18-11-5-3-1-2-4-6-12-25(23,24)20-15-9-7-14(8-10-15)13-16(19)17(21)22/h7-10,16,20H,1-6,11-13,19H2,(H,21,22)/t16-/m0/s1. The van der Waals surface area contributed by atoms with Crippen LogP contribution in [0.25, 0.3) is 0 Å². The fourth-order valence-corrected chi connectivity index (χ4v) is 4.10. The molecule has 0 bridgehead atoms. The van der Waals surface area contributed by atoms with Gasteiger partial charge in [0.1, 0.15) is 6.04 Å². The monoisotopic (exact) mass is 482 g/mol. The highest BCUT2D eigenvalue weighted by atomic mass is 127. The first-order valence-electron chi connectivity index (χ1n) is 8.48. The minimum Gasteiger partial charge on any atom is -0.480 e. The predicted molar refractivity (Wildman–Crippen MR) is 110 cm³/mol. The van der Waals surface area contributed by atoms with Crippen molar-refractivity contribution < 1.29 is 18.3 Å². The van der Waals surface area contributed by atoms with Crippen LogP contribution in [0, 0.1) is 0 Å². The lowest BCUT2D eigenvalue weighted by Gasteiger charge is -2.10. The van der Waals surface area contributed by atoms with Gasteiger partial charge in [-0.3, -0.25) is 9.52 Å². The number of nitrogens with one attached hydrogen (secondary N) is 1. The summed E-state index contributed by atoms with van der Waals surface area (Å²) in [6, 6.07) is 5.68. The van der Waals surface area contributed by atoms with E-state index >= 15 is 0 Å². The average molecular weight is 482 g/mol. The lowest BCUT2D eigenvalue weighted by molar-refractivity contribution is -0.138. The van der Waals surface area contributed by atoms with Gasteiger partial charge in [-0.05, 0) is 41.4 Å².